The van der Waals surface area contributed by atoms with Crippen molar-refractivity contribution in [2.24, 2.45) is 46.3 Å². The zero-order chi connectivity index (χ0) is 25.7. The number of hydrogen-bond acceptors (Lipinski definition) is 5. The Morgan fingerprint density at radius 2 is 1.74 bits per heavy atom. The first-order chi connectivity index (χ1) is 16.4. The van der Waals surface area contributed by atoms with E-state index in [-0.39, 0.29) is 58.8 Å². The van der Waals surface area contributed by atoms with Gasteiger partial charge in [-0.1, -0.05) is 20.8 Å². The molecule has 0 heterocycles. The number of rotatable bonds is 7. The summed E-state index contributed by atoms with van der Waals surface area (Å²) in [5.74, 6) is 0.0655. The van der Waals surface area contributed by atoms with Gasteiger partial charge in [0.2, 0.25) is 0 Å². The number of aliphatic carboxylic acids is 1. The lowest BCUT2D eigenvalue weighted by Gasteiger charge is -2.63. The van der Waals surface area contributed by atoms with Gasteiger partial charge in [-0.05, 0) is 97.7 Å². The van der Waals surface area contributed by atoms with Crippen LogP contribution in [-0.4, -0.2) is 73.5 Å². The molecule has 0 aliphatic heterocycles. The summed E-state index contributed by atoms with van der Waals surface area (Å²) in [6, 6.07) is -1.23. The normalized spacial score (nSPS) is 47.3. The Morgan fingerprint density at radius 3 is 2.40 bits per heavy atom. The van der Waals surface area contributed by atoms with Crippen LogP contribution in [0.1, 0.15) is 78.6 Å². The molecule has 0 aromatic carbocycles. The van der Waals surface area contributed by atoms with E-state index in [1.165, 1.54) is 0 Å². The van der Waals surface area contributed by atoms with Crippen molar-refractivity contribution in [3.63, 3.8) is 0 Å². The molecule has 0 spiro atoms. The fourth-order valence-corrected chi connectivity index (χ4v) is 9.16. The highest BCUT2D eigenvalue weighted by atomic mass is 16.4. The number of aliphatic hydroxyl groups excluding tert-OH is 5. The first-order valence-corrected chi connectivity index (χ1v) is 13.6. The molecule has 0 radical (unpaired) electrons. The Morgan fingerprint density at radius 1 is 1.03 bits per heavy atom. The summed E-state index contributed by atoms with van der Waals surface area (Å²) >= 11 is 0. The Bertz CT molecular complexity index is 819. The van der Waals surface area contributed by atoms with Crippen molar-refractivity contribution in [3.05, 3.63) is 0 Å². The van der Waals surface area contributed by atoms with E-state index in [4.69, 9.17) is 5.11 Å². The SMILES string of the molecule is CC(CCC(O)=[NH+]C(CO)C(=O)O)C1CCC2C3C(O)CC4CC(O)CCC4(C)C3CC(O)C12C. The van der Waals surface area contributed by atoms with Crippen LogP contribution < -0.4 is 4.99 Å². The molecule has 0 amide bonds. The maximum absolute atomic E-state index is 11.6. The van der Waals surface area contributed by atoms with Gasteiger partial charge in [-0.2, -0.15) is 4.99 Å². The largest absolute Gasteiger partial charge is 0.476 e. The predicted molar refractivity (Wildman–Crippen MR) is 130 cm³/mol. The minimum absolute atomic E-state index is 0.0505. The van der Waals surface area contributed by atoms with E-state index in [1.807, 2.05) is 0 Å². The smallest absolute Gasteiger partial charge is 0.375 e. The lowest BCUT2D eigenvalue weighted by atomic mass is 9.43. The number of nitrogens with one attached hydrogen (secondary N) is 1. The number of carboxylic acid groups (broad SMARTS) is 1. The molecule has 35 heavy (non-hydrogen) atoms. The predicted octanol–water partition coefficient (Wildman–Crippen LogP) is 0.847. The van der Waals surface area contributed by atoms with Gasteiger partial charge in [-0.3, -0.25) is 0 Å². The van der Waals surface area contributed by atoms with Crippen LogP contribution in [0.2, 0.25) is 0 Å². The molecule has 0 saturated heterocycles. The molecule has 0 aromatic heterocycles. The van der Waals surface area contributed by atoms with Crippen LogP contribution in [0.15, 0.2) is 0 Å². The van der Waals surface area contributed by atoms with Gasteiger partial charge in [0.1, 0.15) is 6.61 Å². The summed E-state index contributed by atoms with van der Waals surface area (Å²) in [5.41, 5.74) is -0.258. The summed E-state index contributed by atoms with van der Waals surface area (Å²) in [6.07, 6.45) is 5.67. The average Bonchev–Trinajstić information content (AvgIpc) is 3.16. The lowest BCUT2D eigenvalue weighted by molar-refractivity contribution is -0.503. The molecule has 4 aliphatic rings. The summed E-state index contributed by atoms with van der Waals surface area (Å²) in [6.45, 7) is 6.07. The third-order valence-electron chi connectivity index (χ3n) is 11.2. The zero-order valence-corrected chi connectivity index (χ0v) is 21.4. The van der Waals surface area contributed by atoms with E-state index < -0.39 is 30.8 Å². The summed E-state index contributed by atoms with van der Waals surface area (Å²) in [5, 5.41) is 61.7. The lowest BCUT2D eigenvalue weighted by Crippen LogP contribution is -2.83. The van der Waals surface area contributed by atoms with Crippen LogP contribution in [0.4, 0.5) is 0 Å². The van der Waals surface area contributed by atoms with E-state index in [9.17, 15) is 30.3 Å². The Balaban J connectivity index is 1.50. The van der Waals surface area contributed by atoms with Crippen molar-refractivity contribution in [2.75, 3.05) is 6.61 Å². The highest BCUT2D eigenvalue weighted by Gasteiger charge is 2.65. The minimum Gasteiger partial charge on any atom is -0.476 e. The van der Waals surface area contributed by atoms with Crippen LogP contribution in [0.25, 0.3) is 0 Å². The van der Waals surface area contributed by atoms with Gasteiger partial charge in [0.05, 0.1) is 24.7 Å². The van der Waals surface area contributed by atoms with Crippen molar-refractivity contribution in [1.29, 1.82) is 0 Å². The average molecular weight is 497 g/mol. The van der Waals surface area contributed by atoms with Gasteiger partial charge in [0.25, 0.3) is 6.04 Å². The second-order valence-electron chi connectivity index (χ2n) is 12.7. The van der Waals surface area contributed by atoms with E-state index in [0.717, 1.165) is 38.5 Å². The van der Waals surface area contributed by atoms with Crippen LogP contribution in [-0.2, 0) is 4.79 Å². The zero-order valence-electron chi connectivity index (χ0n) is 21.4. The van der Waals surface area contributed by atoms with Crippen LogP contribution in [0, 0.1) is 46.3 Å². The highest BCUT2D eigenvalue weighted by molar-refractivity contribution is 5.74. The molecule has 12 unspecified atom stereocenters. The number of hydrogen-bond donors (Lipinski definition) is 7. The number of fused-ring (bicyclic) bond motifs is 5. The molecule has 0 aromatic rings. The third-order valence-corrected chi connectivity index (χ3v) is 11.2. The van der Waals surface area contributed by atoms with Crippen molar-refractivity contribution in [1.82, 2.24) is 0 Å². The fourth-order valence-electron chi connectivity index (χ4n) is 9.16. The molecule has 4 saturated carbocycles. The van der Waals surface area contributed by atoms with Crippen molar-refractivity contribution < 1.29 is 40.4 Å². The summed E-state index contributed by atoms with van der Waals surface area (Å²) in [7, 11) is 0. The van der Waals surface area contributed by atoms with Gasteiger partial charge >= 0.3 is 11.9 Å². The number of carbonyl (C=O) groups is 1. The van der Waals surface area contributed by atoms with Gasteiger partial charge in [0.15, 0.2) is 0 Å². The maximum Gasteiger partial charge on any atom is 0.375 e. The molecular formula is C27H46NO7+. The number of carboxylic acids is 1. The molecule has 8 nitrogen and oxygen atoms in total. The Labute approximate surface area is 208 Å². The quantitative estimate of drug-likeness (QED) is 0.204. The summed E-state index contributed by atoms with van der Waals surface area (Å²) in [4.78, 5) is 13.6. The fraction of sp³-hybridized carbons (Fsp3) is 0.926. The molecular weight excluding hydrogens is 450 g/mol. The summed E-state index contributed by atoms with van der Waals surface area (Å²) < 4.78 is 0. The van der Waals surface area contributed by atoms with Crippen molar-refractivity contribution in [3.8, 4) is 0 Å². The van der Waals surface area contributed by atoms with Crippen LogP contribution in [0.3, 0.4) is 0 Å². The monoisotopic (exact) mass is 496 g/mol. The van der Waals surface area contributed by atoms with Crippen molar-refractivity contribution >= 4 is 11.9 Å². The van der Waals surface area contributed by atoms with Crippen LogP contribution in [0.5, 0.6) is 0 Å². The van der Waals surface area contributed by atoms with Crippen LogP contribution >= 0.6 is 0 Å². The van der Waals surface area contributed by atoms with E-state index in [0.29, 0.717) is 18.8 Å². The van der Waals surface area contributed by atoms with Gasteiger partial charge in [0, 0.05) is 0 Å². The first kappa shape index (κ1) is 26.8. The molecule has 200 valence electrons. The first-order valence-electron chi connectivity index (χ1n) is 13.6. The minimum atomic E-state index is -1.23. The maximum atomic E-state index is 11.6. The van der Waals surface area contributed by atoms with E-state index in [1.54, 1.807) is 0 Å². The molecule has 4 rings (SSSR count). The third kappa shape index (κ3) is 4.53. The molecule has 12 atom stereocenters. The standard InChI is InChI=1S/C27H45NO7/c1-14(4-7-23(33)28-20(13-29)25(34)35)17-5-6-18-24-19(12-22(32)27(17,18)3)26(2)9-8-16(30)10-15(26)11-21(24)31/h14-22,24,29-32H,4-13H2,1-3H3,(H,28,33)(H,34,35)/p+1. The van der Waals surface area contributed by atoms with E-state index in [2.05, 4.69) is 25.8 Å². The van der Waals surface area contributed by atoms with Gasteiger partial charge in [-0.25, -0.2) is 4.79 Å². The second kappa shape index (κ2) is 9.92. The molecule has 4 aliphatic carbocycles. The molecule has 4 fully saturated rings. The van der Waals surface area contributed by atoms with Gasteiger partial charge in [-0.15, -0.1) is 0 Å². The molecule has 7 N–H and O–H groups in total. The number of aliphatic hydroxyl groups is 5. The molecule has 8 heteroatoms. The topological polar surface area (TPSA) is 152 Å². The molecule has 0 bridgehead atoms. The van der Waals surface area contributed by atoms with E-state index >= 15 is 0 Å². The second-order valence-corrected chi connectivity index (χ2v) is 12.7. The van der Waals surface area contributed by atoms with Gasteiger partial charge < -0.3 is 30.6 Å². The Hall–Kier alpha value is -1.22. The highest BCUT2D eigenvalue weighted by Crippen LogP contribution is 2.68. The van der Waals surface area contributed by atoms with Crippen molar-refractivity contribution in [2.45, 2.75) is 103 Å². The Kier molecular flexibility index (Phi) is 7.60.